The second-order valence-electron chi connectivity index (χ2n) is 4.43. The van der Waals surface area contributed by atoms with Crippen LogP contribution in [0.5, 0.6) is 11.5 Å². The molecule has 2 aromatic carbocycles. The Morgan fingerprint density at radius 3 is 2.32 bits per heavy atom. The van der Waals surface area contributed by atoms with Crippen LogP contribution in [0.15, 0.2) is 42.5 Å². The van der Waals surface area contributed by atoms with Crippen molar-refractivity contribution in [2.24, 2.45) is 5.73 Å². The first-order chi connectivity index (χ1) is 9.08. The Hall–Kier alpha value is -1.22. The number of hydrogen-bond donors (Lipinski definition) is 1. The van der Waals surface area contributed by atoms with E-state index in [1.165, 1.54) is 0 Å². The molecule has 0 radical (unpaired) electrons. The van der Waals surface area contributed by atoms with Gasteiger partial charge < -0.3 is 10.5 Å². The normalized spacial score (nSPS) is 12.2. The van der Waals surface area contributed by atoms with Crippen LogP contribution >= 0.6 is 23.2 Å². The van der Waals surface area contributed by atoms with Gasteiger partial charge in [0.05, 0.1) is 5.02 Å². The minimum Gasteiger partial charge on any atom is -0.455 e. The van der Waals surface area contributed by atoms with Crippen molar-refractivity contribution < 1.29 is 4.74 Å². The second kappa shape index (κ2) is 6.29. The van der Waals surface area contributed by atoms with Gasteiger partial charge in [0.1, 0.15) is 11.5 Å². The third-order valence-corrected chi connectivity index (χ3v) is 3.32. The largest absolute Gasteiger partial charge is 0.455 e. The lowest BCUT2D eigenvalue weighted by molar-refractivity contribution is 0.474. The van der Waals surface area contributed by atoms with E-state index in [-0.39, 0.29) is 6.04 Å². The molecular weight excluding hydrogens is 281 g/mol. The van der Waals surface area contributed by atoms with Crippen LogP contribution in [0.3, 0.4) is 0 Å². The van der Waals surface area contributed by atoms with Crippen molar-refractivity contribution in [3.05, 3.63) is 58.1 Å². The molecule has 1 atom stereocenters. The van der Waals surface area contributed by atoms with Gasteiger partial charge in [-0.15, -0.1) is 0 Å². The van der Waals surface area contributed by atoms with E-state index in [2.05, 4.69) is 0 Å². The highest BCUT2D eigenvalue weighted by molar-refractivity contribution is 6.32. The SMILES string of the molecule is CC(N)Cc1c(Cl)cccc1Oc1ccccc1Cl. The van der Waals surface area contributed by atoms with E-state index in [1.807, 2.05) is 43.3 Å². The van der Waals surface area contributed by atoms with E-state index in [1.54, 1.807) is 6.07 Å². The minimum atomic E-state index is 0.00787. The van der Waals surface area contributed by atoms with Crippen LogP contribution in [-0.2, 0) is 6.42 Å². The summed E-state index contributed by atoms with van der Waals surface area (Å²) in [6, 6.07) is 12.9. The lowest BCUT2D eigenvalue weighted by atomic mass is 10.1. The Morgan fingerprint density at radius 2 is 1.63 bits per heavy atom. The van der Waals surface area contributed by atoms with Gasteiger partial charge in [-0.2, -0.15) is 0 Å². The number of rotatable bonds is 4. The fraction of sp³-hybridized carbons (Fsp3) is 0.200. The molecule has 0 saturated heterocycles. The van der Waals surface area contributed by atoms with E-state index >= 15 is 0 Å². The molecule has 0 saturated carbocycles. The molecule has 2 N–H and O–H groups in total. The maximum Gasteiger partial charge on any atom is 0.146 e. The van der Waals surface area contributed by atoms with Crippen molar-refractivity contribution in [2.75, 3.05) is 0 Å². The predicted molar refractivity (Wildman–Crippen MR) is 80.3 cm³/mol. The summed E-state index contributed by atoms with van der Waals surface area (Å²) in [6.45, 7) is 1.93. The first-order valence-electron chi connectivity index (χ1n) is 6.03. The monoisotopic (exact) mass is 295 g/mol. The topological polar surface area (TPSA) is 35.2 Å². The van der Waals surface area contributed by atoms with Gasteiger partial charge in [-0.1, -0.05) is 41.4 Å². The molecule has 0 fully saturated rings. The molecule has 0 aliphatic heterocycles. The van der Waals surface area contributed by atoms with E-state index in [9.17, 15) is 0 Å². The van der Waals surface area contributed by atoms with Gasteiger partial charge in [0.25, 0.3) is 0 Å². The summed E-state index contributed by atoms with van der Waals surface area (Å²) in [4.78, 5) is 0. The maximum absolute atomic E-state index is 6.21. The van der Waals surface area contributed by atoms with Crippen LogP contribution < -0.4 is 10.5 Å². The molecule has 0 aromatic heterocycles. The minimum absolute atomic E-state index is 0.00787. The highest BCUT2D eigenvalue weighted by Crippen LogP contribution is 2.34. The summed E-state index contributed by atoms with van der Waals surface area (Å²) in [6.07, 6.45) is 0.652. The molecule has 2 aromatic rings. The third-order valence-electron chi connectivity index (χ3n) is 2.66. The van der Waals surface area contributed by atoms with Crippen molar-refractivity contribution in [1.29, 1.82) is 0 Å². The smallest absolute Gasteiger partial charge is 0.146 e. The fourth-order valence-electron chi connectivity index (χ4n) is 1.80. The molecule has 0 aliphatic carbocycles. The fourth-order valence-corrected chi connectivity index (χ4v) is 2.22. The molecule has 2 nitrogen and oxygen atoms in total. The van der Waals surface area contributed by atoms with Gasteiger partial charge >= 0.3 is 0 Å². The average molecular weight is 296 g/mol. The zero-order valence-corrected chi connectivity index (χ0v) is 12.1. The first-order valence-corrected chi connectivity index (χ1v) is 6.79. The van der Waals surface area contributed by atoms with E-state index in [0.717, 1.165) is 5.56 Å². The standard InChI is InChI=1S/C15H15Cl2NO/c1-10(18)9-11-12(16)6-4-8-14(11)19-15-7-3-2-5-13(15)17/h2-8,10H,9,18H2,1H3. The Kier molecular flexibility index (Phi) is 4.70. The summed E-state index contributed by atoms with van der Waals surface area (Å²) in [5, 5.41) is 1.22. The van der Waals surface area contributed by atoms with E-state index in [0.29, 0.717) is 28.0 Å². The predicted octanol–water partition coefficient (Wildman–Crippen LogP) is 4.68. The number of nitrogens with two attached hydrogens (primary N) is 1. The highest BCUT2D eigenvalue weighted by Gasteiger charge is 2.12. The van der Waals surface area contributed by atoms with Crippen molar-refractivity contribution in [1.82, 2.24) is 0 Å². The molecule has 100 valence electrons. The summed E-state index contributed by atoms with van der Waals surface area (Å²) >= 11 is 12.3. The number of hydrogen-bond acceptors (Lipinski definition) is 2. The molecule has 1 unspecified atom stereocenters. The van der Waals surface area contributed by atoms with Gasteiger partial charge in [-0.25, -0.2) is 0 Å². The molecule has 4 heteroatoms. The third kappa shape index (κ3) is 3.63. The Labute approximate surface area is 123 Å². The van der Waals surface area contributed by atoms with E-state index in [4.69, 9.17) is 33.7 Å². The van der Waals surface area contributed by atoms with Crippen LogP contribution in [0.25, 0.3) is 0 Å². The quantitative estimate of drug-likeness (QED) is 0.889. The van der Waals surface area contributed by atoms with E-state index < -0.39 is 0 Å². The number of benzene rings is 2. The number of ether oxygens (including phenoxy) is 1. The highest BCUT2D eigenvalue weighted by atomic mass is 35.5. The van der Waals surface area contributed by atoms with Gasteiger partial charge in [-0.05, 0) is 37.6 Å². The molecule has 19 heavy (non-hydrogen) atoms. The second-order valence-corrected chi connectivity index (χ2v) is 5.24. The molecule has 0 aliphatic rings. The summed E-state index contributed by atoms with van der Waals surface area (Å²) in [5.41, 5.74) is 6.75. The van der Waals surface area contributed by atoms with Gasteiger partial charge in [0.15, 0.2) is 0 Å². The van der Waals surface area contributed by atoms with Gasteiger partial charge in [0.2, 0.25) is 0 Å². The van der Waals surface area contributed by atoms with Crippen LogP contribution in [0.1, 0.15) is 12.5 Å². The van der Waals surface area contributed by atoms with Crippen molar-refractivity contribution >= 4 is 23.2 Å². The van der Waals surface area contributed by atoms with Crippen LogP contribution in [0.4, 0.5) is 0 Å². The molecular formula is C15H15Cl2NO. The lowest BCUT2D eigenvalue weighted by Crippen LogP contribution is -2.18. The molecule has 2 rings (SSSR count). The molecule has 0 amide bonds. The van der Waals surface area contributed by atoms with Crippen LogP contribution in [0, 0.1) is 0 Å². The average Bonchev–Trinajstić information content (AvgIpc) is 2.36. The number of halogens is 2. The zero-order valence-electron chi connectivity index (χ0n) is 10.6. The van der Waals surface area contributed by atoms with Crippen molar-refractivity contribution in [2.45, 2.75) is 19.4 Å². The van der Waals surface area contributed by atoms with Gasteiger partial charge in [0, 0.05) is 16.6 Å². The van der Waals surface area contributed by atoms with Crippen molar-refractivity contribution in [3.8, 4) is 11.5 Å². The molecule has 0 spiro atoms. The summed E-state index contributed by atoms with van der Waals surface area (Å²) < 4.78 is 5.85. The molecule has 0 heterocycles. The van der Waals surface area contributed by atoms with Crippen molar-refractivity contribution in [3.63, 3.8) is 0 Å². The van der Waals surface area contributed by atoms with Gasteiger partial charge in [-0.3, -0.25) is 0 Å². The summed E-state index contributed by atoms with van der Waals surface area (Å²) in [7, 11) is 0. The Morgan fingerprint density at radius 1 is 1.00 bits per heavy atom. The van der Waals surface area contributed by atoms with Crippen LogP contribution in [0.2, 0.25) is 10.0 Å². The summed E-state index contributed by atoms with van der Waals surface area (Å²) in [5.74, 6) is 1.30. The first kappa shape index (κ1) is 14.2. The number of para-hydroxylation sites is 1. The Balaban J connectivity index is 2.35. The van der Waals surface area contributed by atoms with Crippen LogP contribution in [-0.4, -0.2) is 6.04 Å². The maximum atomic E-state index is 6.21. The molecule has 0 bridgehead atoms. The zero-order chi connectivity index (χ0) is 13.8. The Bertz CT molecular complexity index is 570. The lowest BCUT2D eigenvalue weighted by Gasteiger charge is -2.15.